The van der Waals surface area contributed by atoms with Crippen molar-refractivity contribution in [2.24, 2.45) is 5.92 Å². The Hall–Kier alpha value is -1.50. The highest BCUT2D eigenvalue weighted by Gasteiger charge is 2.34. The number of rotatable bonds is 3. The summed E-state index contributed by atoms with van der Waals surface area (Å²) in [5.41, 5.74) is 0.604. The molecular weight excluding hydrogens is 387 g/mol. The van der Waals surface area contributed by atoms with Gasteiger partial charge in [-0.2, -0.15) is 0 Å². The van der Waals surface area contributed by atoms with Crippen LogP contribution in [0, 0.1) is 5.92 Å². The normalized spacial score (nSPS) is 21.0. The summed E-state index contributed by atoms with van der Waals surface area (Å²) in [6, 6.07) is 5.28. The number of halogens is 2. The monoisotopic (exact) mass is 412 g/mol. The number of amides is 3. The Balaban J connectivity index is 1.49. The van der Waals surface area contributed by atoms with E-state index in [9.17, 15) is 9.59 Å². The molecule has 1 aromatic rings. The van der Waals surface area contributed by atoms with Crippen LogP contribution in [-0.2, 0) is 4.79 Å². The van der Waals surface area contributed by atoms with Gasteiger partial charge in [0.1, 0.15) is 0 Å². The molecule has 0 bridgehead atoms. The van der Waals surface area contributed by atoms with E-state index in [2.05, 4.69) is 24.1 Å². The number of urea groups is 1. The van der Waals surface area contributed by atoms with E-state index >= 15 is 0 Å². The third kappa shape index (κ3) is 4.86. The Labute approximate surface area is 170 Å². The highest BCUT2D eigenvalue weighted by Crippen LogP contribution is 2.25. The number of hydrogen-bond acceptors (Lipinski definition) is 3. The van der Waals surface area contributed by atoms with E-state index in [1.165, 1.54) is 0 Å². The molecule has 6 nitrogen and oxygen atoms in total. The average molecular weight is 413 g/mol. The number of nitrogens with zero attached hydrogens (tertiary/aromatic N) is 3. The molecule has 0 aromatic heterocycles. The van der Waals surface area contributed by atoms with Crippen LogP contribution < -0.4 is 5.32 Å². The van der Waals surface area contributed by atoms with E-state index in [-0.39, 0.29) is 17.9 Å². The highest BCUT2D eigenvalue weighted by molar-refractivity contribution is 6.42. The lowest BCUT2D eigenvalue weighted by molar-refractivity contribution is -0.136. The zero-order chi connectivity index (χ0) is 19.6. The molecule has 3 amide bonds. The van der Waals surface area contributed by atoms with E-state index in [0.29, 0.717) is 48.0 Å². The molecule has 0 saturated carbocycles. The first-order valence-corrected chi connectivity index (χ1v) is 10.1. The summed E-state index contributed by atoms with van der Waals surface area (Å²) < 4.78 is 0. The van der Waals surface area contributed by atoms with Crippen LogP contribution in [0.25, 0.3) is 0 Å². The first-order valence-electron chi connectivity index (χ1n) is 9.39. The standard InChI is InChI=1S/C19H26Cl2N4O2/c1-13(2)25-6-5-14(12-25)18(26)23-7-9-24(10-8-23)19(27)22-15-3-4-16(20)17(21)11-15/h3-4,11,13-14H,5-10,12H2,1-2H3,(H,22,27). The lowest BCUT2D eigenvalue weighted by Gasteiger charge is -2.36. The van der Waals surface area contributed by atoms with E-state index in [1.807, 2.05) is 4.90 Å². The largest absolute Gasteiger partial charge is 0.339 e. The number of carbonyl (C=O) groups excluding carboxylic acids is 2. The first kappa shape index (κ1) is 20.2. The number of piperazine rings is 1. The second-order valence-electron chi connectivity index (χ2n) is 7.45. The Bertz CT molecular complexity index is 705. The smallest absolute Gasteiger partial charge is 0.321 e. The molecule has 3 rings (SSSR count). The number of carbonyl (C=O) groups is 2. The van der Waals surface area contributed by atoms with Gasteiger partial charge in [0.25, 0.3) is 0 Å². The maximum absolute atomic E-state index is 12.8. The van der Waals surface area contributed by atoms with Gasteiger partial charge in [-0.1, -0.05) is 23.2 Å². The molecule has 1 aromatic carbocycles. The van der Waals surface area contributed by atoms with Crippen molar-refractivity contribution in [2.45, 2.75) is 26.3 Å². The third-order valence-electron chi connectivity index (χ3n) is 5.35. The number of nitrogens with one attached hydrogen (secondary N) is 1. The topological polar surface area (TPSA) is 55.9 Å². The summed E-state index contributed by atoms with van der Waals surface area (Å²) in [6.45, 7) is 8.36. The third-order valence-corrected chi connectivity index (χ3v) is 6.09. The van der Waals surface area contributed by atoms with Crippen LogP contribution >= 0.6 is 23.2 Å². The van der Waals surface area contributed by atoms with Crippen molar-refractivity contribution < 1.29 is 9.59 Å². The molecule has 0 spiro atoms. The minimum atomic E-state index is -0.188. The van der Waals surface area contributed by atoms with Gasteiger partial charge in [0.15, 0.2) is 0 Å². The van der Waals surface area contributed by atoms with Crippen LogP contribution in [0.3, 0.4) is 0 Å². The summed E-state index contributed by atoms with van der Waals surface area (Å²) in [5.74, 6) is 0.312. The van der Waals surface area contributed by atoms with Crippen LogP contribution in [0.5, 0.6) is 0 Å². The molecule has 1 unspecified atom stereocenters. The molecule has 148 valence electrons. The molecular formula is C19H26Cl2N4O2. The van der Waals surface area contributed by atoms with Gasteiger partial charge in [-0.05, 0) is 45.0 Å². The van der Waals surface area contributed by atoms with Crippen LogP contribution in [0.2, 0.25) is 10.0 Å². The van der Waals surface area contributed by atoms with Crippen LogP contribution in [0.1, 0.15) is 20.3 Å². The molecule has 0 radical (unpaired) electrons. The van der Waals surface area contributed by atoms with Gasteiger partial charge in [-0.3, -0.25) is 4.79 Å². The molecule has 2 aliphatic rings. The fourth-order valence-electron chi connectivity index (χ4n) is 3.62. The molecule has 0 aliphatic carbocycles. The van der Waals surface area contributed by atoms with Gasteiger partial charge in [-0.15, -0.1) is 0 Å². The van der Waals surface area contributed by atoms with E-state index in [0.717, 1.165) is 19.5 Å². The zero-order valence-corrected chi connectivity index (χ0v) is 17.3. The molecule has 2 fully saturated rings. The van der Waals surface area contributed by atoms with E-state index in [4.69, 9.17) is 23.2 Å². The summed E-state index contributed by atoms with van der Waals surface area (Å²) in [5, 5.41) is 3.68. The molecule has 1 N–H and O–H groups in total. The second kappa shape index (κ2) is 8.67. The van der Waals surface area contributed by atoms with Gasteiger partial charge in [-0.25, -0.2) is 4.79 Å². The Morgan fingerprint density at radius 1 is 1.04 bits per heavy atom. The van der Waals surface area contributed by atoms with Crippen LogP contribution in [0.15, 0.2) is 18.2 Å². The Morgan fingerprint density at radius 3 is 2.30 bits per heavy atom. The summed E-state index contributed by atoms with van der Waals surface area (Å²) in [7, 11) is 0. The number of benzene rings is 1. The molecule has 8 heteroatoms. The predicted octanol–water partition coefficient (Wildman–Crippen LogP) is 3.40. The van der Waals surface area contributed by atoms with Crippen LogP contribution in [-0.4, -0.2) is 71.9 Å². The molecule has 2 aliphatic heterocycles. The minimum Gasteiger partial charge on any atom is -0.339 e. The van der Waals surface area contributed by atoms with Crippen molar-refractivity contribution >= 4 is 40.8 Å². The fraction of sp³-hybridized carbons (Fsp3) is 0.579. The maximum Gasteiger partial charge on any atom is 0.321 e. The quantitative estimate of drug-likeness (QED) is 0.827. The highest BCUT2D eigenvalue weighted by atomic mass is 35.5. The predicted molar refractivity (Wildman–Crippen MR) is 108 cm³/mol. The van der Waals surface area contributed by atoms with Crippen molar-refractivity contribution in [3.8, 4) is 0 Å². The summed E-state index contributed by atoms with van der Waals surface area (Å²) >= 11 is 11.9. The lowest BCUT2D eigenvalue weighted by atomic mass is 10.1. The number of likely N-dealkylation sites (tertiary alicyclic amines) is 1. The van der Waals surface area contributed by atoms with Crippen molar-refractivity contribution in [2.75, 3.05) is 44.6 Å². The Morgan fingerprint density at radius 2 is 1.70 bits per heavy atom. The van der Waals surface area contributed by atoms with E-state index < -0.39 is 0 Å². The van der Waals surface area contributed by atoms with Gasteiger partial charge < -0.3 is 20.0 Å². The van der Waals surface area contributed by atoms with Crippen molar-refractivity contribution in [1.29, 1.82) is 0 Å². The fourth-order valence-corrected chi connectivity index (χ4v) is 3.92. The molecule has 2 saturated heterocycles. The van der Waals surface area contributed by atoms with Crippen LogP contribution in [0.4, 0.5) is 10.5 Å². The van der Waals surface area contributed by atoms with Crippen molar-refractivity contribution in [1.82, 2.24) is 14.7 Å². The zero-order valence-electron chi connectivity index (χ0n) is 15.8. The SMILES string of the molecule is CC(C)N1CCC(C(=O)N2CCN(C(=O)Nc3ccc(Cl)c(Cl)c3)CC2)C1. The van der Waals surface area contributed by atoms with Crippen molar-refractivity contribution in [3.63, 3.8) is 0 Å². The average Bonchev–Trinajstić information content (AvgIpc) is 3.15. The van der Waals surface area contributed by atoms with Gasteiger partial charge >= 0.3 is 6.03 Å². The Kier molecular flexibility index (Phi) is 6.50. The van der Waals surface area contributed by atoms with Crippen molar-refractivity contribution in [3.05, 3.63) is 28.2 Å². The summed E-state index contributed by atoms with van der Waals surface area (Å²) in [4.78, 5) is 31.2. The number of anilines is 1. The minimum absolute atomic E-state index is 0.0870. The van der Waals surface area contributed by atoms with Gasteiger partial charge in [0, 0.05) is 44.5 Å². The van der Waals surface area contributed by atoms with E-state index in [1.54, 1.807) is 23.1 Å². The maximum atomic E-state index is 12.8. The molecule has 27 heavy (non-hydrogen) atoms. The van der Waals surface area contributed by atoms with Gasteiger partial charge in [0.2, 0.25) is 5.91 Å². The molecule has 1 atom stereocenters. The number of hydrogen-bond donors (Lipinski definition) is 1. The van der Waals surface area contributed by atoms with Gasteiger partial charge in [0.05, 0.1) is 16.0 Å². The summed E-state index contributed by atoms with van der Waals surface area (Å²) in [6.07, 6.45) is 0.926. The second-order valence-corrected chi connectivity index (χ2v) is 8.26. The first-order chi connectivity index (χ1) is 12.8. The lowest BCUT2D eigenvalue weighted by Crippen LogP contribution is -2.53. The molecule has 2 heterocycles.